The summed E-state index contributed by atoms with van der Waals surface area (Å²) in [5, 5.41) is 0.827. The molecule has 118 valence electrons. The third kappa shape index (κ3) is 4.71. The van der Waals surface area contributed by atoms with Crippen molar-refractivity contribution in [3.8, 4) is 0 Å². The first-order valence-corrected chi connectivity index (χ1v) is 9.18. The van der Waals surface area contributed by atoms with Gasteiger partial charge in [-0.15, -0.1) is 0 Å². The fourth-order valence-electron chi connectivity index (χ4n) is 2.08. The monoisotopic (exact) mass is 357 g/mol. The van der Waals surface area contributed by atoms with Gasteiger partial charge in [-0.2, -0.15) is 0 Å². The van der Waals surface area contributed by atoms with Crippen molar-refractivity contribution >= 4 is 33.2 Å². The maximum atomic E-state index is 12.3. The van der Waals surface area contributed by atoms with Crippen LogP contribution >= 0.6 is 23.2 Å². The lowest BCUT2D eigenvalue weighted by Crippen LogP contribution is -2.28. The second-order valence-electron chi connectivity index (χ2n) is 5.25. The Labute approximate surface area is 141 Å². The van der Waals surface area contributed by atoms with Crippen LogP contribution in [-0.2, 0) is 15.8 Å². The molecule has 6 heteroatoms. The van der Waals surface area contributed by atoms with E-state index in [-0.39, 0.29) is 11.8 Å². The third-order valence-corrected chi connectivity index (χ3v) is 5.28. The SMILES string of the molecule is Cc1ccc(C(C)NS(=O)(=O)Cc2ccc(Cl)cc2Cl)cc1. The van der Waals surface area contributed by atoms with Crippen molar-refractivity contribution in [3.63, 3.8) is 0 Å². The van der Waals surface area contributed by atoms with Crippen LogP contribution in [0.25, 0.3) is 0 Å². The number of rotatable bonds is 5. The Morgan fingerprint density at radius 2 is 1.73 bits per heavy atom. The molecule has 0 heterocycles. The van der Waals surface area contributed by atoms with E-state index < -0.39 is 10.0 Å². The second-order valence-corrected chi connectivity index (χ2v) is 7.84. The zero-order chi connectivity index (χ0) is 16.3. The zero-order valence-electron chi connectivity index (χ0n) is 12.3. The first-order chi connectivity index (χ1) is 10.3. The average molecular weight is 358 g/mol. The van der Waals surface area contributed by atoms with E-state index in [1.165, 1.54) is 6.07 Å². The fourth-order valence-corrected chi connectivity index (χ4v) is 4.05. The minimum absolute atomic E-state index is 0.181. The maximum absolute atomic E-state index is 12.3. The Bertz CT molecular complexity index is 758. The van der Waals surface area contributed by atoms with Crippen molar-refractivity contribution in [1.29, 1.82) is 0 Å². The number of hydrogen-bond donors (Lipinski definition) is 1. The van der Waals surface area contributed by atoms with E-state index in [1.807, 2.05) is 38.1 Å². The number of aryl methyl sites for hydroxylation is 1. The molecule has 0 spiro atoms. The molecule has 0 saturated heterocycles. The highest BCUT2D eigenvalue weighted by Gasteiger charge is 2.18. The number of halogens is 2. The lowest BCUT2D eigenvalue weighted by atomic mass is 10.1. The molecule has 2 aromatic rings. The van der Waals surface area contributed by atoms with Crippen LogP contribution in [0.5, 0.6) is 0 Å². The zero-order valence-corrected chi connectivity index (χ0v) is 14.6. The van der Waals surface area contributed by atoms with Crippen molar-refractivity contribution < 1.29 is 8.42 Å². The summed E-state index contributed by atoms with van der Waals surface area (Å²) in [5.74, 6) is -0.181. The lowest BCUT2D eigenvalue weighted by molar-refractivity contribution is 0.566. The van der Waals surface area contributed by atoms with E-state index >= 15 is 0 Å². The van der Waals surface area contributed by atoms with Crippen LogP contribution < -0.4 is 4.72 Å². The quantitative estimate of drug-likeness (QED) is 0.856. The van der Waals surface area contributed by atoms with Crippen molar-refractivity contribution in [2.75, 3.05) is 0 Å². The van der Waals surface area contributed by atoms with E-state index in [0.29, 0.717) is 15.6 Å². The van der Waals surface area contributed by atoms with Gasteiger partial charge in [0.05, 0.1) is 5.75 Å². The van der Waals surface area contributed by atoms with Gasteiger partial charge < -0.3 is 0 Å². The first-order valence-electron chi connectivity index (χ1n) is 6.77. The van der Waals surface area contributed by atoms with E-state index in [2.05, 4.69) is 4.72 Å². The van der Waals surface area contributed by atoms with Crippen molar-refractivity contribution in [2.45, 2.75) is 25.6 Å². The van der Waals surface area contributed by atoms with Gasteiger partial charge in [0.25, 0.3) is 0 Å². The first kappa shape index (κ1) is 17.3. The predicted octanol–water partition coefficient (Wildman–Crippen LogP) is 4.48. The molecule has 0 bridgehead atoms. The van der Waals surface area contributed by atoms with Crippen LogP contribution in [0, 0.1) is 6.92 Å². The molecule has 1 atom stereocenters. The van der Waals surface area contributed by atoms with Gasteiger partial charge in [-0.25, -0.2) is 13.1 Å². The summed E-state index contributed by atoms with van der Waals surface area (Å²) in [6.45, 7) is 3.80. The molecule has 0 fully saturated rings. The molecule has 0 aliphatic rings. The minimum Gasteiger partial charge on any atom is -0.212 e. The average Bonchev–Trinajstić information content (AvgIpc) is 2.42. The Hall–Kier alpha value is -1.07. The predicted molar refractivity (Wildman–Crippen MR) is 91.8 cm³/mol. The Kier molecular flexibility index (Phi) is 5.50. The maximum Gasteiger partial charge on any atom is 0.216 e. The molecular formula is C16H17Cl2NO2S. The van der Waals surface area contributed by atoms with Gasteiger partial charge in [0.15, 0.2) is 0 Å². The highest BCUT2D eigenvalue weighted by molar-refractivity contribution is 7.88. The summed E-state index contributed by atoms with van der Waals surface area (Å²) >= 11 is 11.8. The molecule has 0 radical (unpaired) electrons. The molecule has 2 aromatic carbocycles. The standard InChI is InChI=1S/C16H17Cl2NO2S/c1-11-3-5-13(6-4-11)12(2)19-22(20,21)10-14-7-8-15(17)9-16(14)18/h3-9,12,19H,10H2,1-2H3. The van der Waals surface area contributed by atoms with E-state index in [1.54, 1.807) is 12.1 Å². The second kappa shape index (κ2) is 7.01. The Morgan fingerprint density at radius 3 is 2.32 bits per heavy atom. The largest absolute Gasteiger partial charge is 0.216 e. The normalized spacial score (nSPS) is 13.1. The Morgan fingerprint density at radius 1 is 1.09 bits per heavy atom. The Balaban J connectivity index is 2.12. The molecule has 1 N–H and O–H groups in total. The van der Waals surface area contributed by atoms with Crippen LogP contribution in [-0.4, -0.2) is 8.42 Å². The van der Waals surface area contributed by atoms with Crippen LogP contribution in [0.3, 0.4) is 0 Å². The van der Waals surface area contributed by atoms with Gasteiger partial charge in [-0.3, -0.25) is 0 Å². The topological polar surface area (TPSA) is 46.2 Å². The van der Waals surface area contributed by atoms with Gasteiger partial charge in [-0.05, 0) is 37.1 Å². The van der Waals surface area contributed by atoms with Gasteiger partial charge >= 0.3 is 0 Å². The summed E-state index contributed by atoms with van der Waals surface area (Å²) in [6, 6.07) is 12.2. The van der Waals surface area contributed by atoms with Crippen molar-refractivity contribution in [3.05, 3.63) is 69.2 Å². The summed E-state index contributed by atoms with van der Waals surface area (Å²) in [4.78, 5) is 0. The number of benzene rings is 2. The van der Waals surface area contributed by atoms with Crippen molar-refractivity contribution in [1.82, 2.24) is 4.72 Å². The minimum atomic E-state index is -3.51. The van der Waals surface area contributed by atoms with Gasteiger partial charge in [0, 0.05) is 16.1 Å². The fraction of sp³-hybridized carbons (Fsp3) is 0.250. The molecule has 0 aliphatic heterocycles. The van der Waals surface area contributed by atoms with Crippen LogP contribution in [0.1, 0.15) is 29.7 Å². The van der Waals surface area contributed by atoms with Crippen LogP contribution in [0.4, 0.5) is 0 Å². The van der Waals surface area contributed by atoms with Gasteiger partial charge in [-0.1, -0.05) is 59.1 Å². The molecule has 0 aromatic heterocycles. The molecule has 2 rings (SSSR count). The third-order valence-electron chi connectivity index (χ3n) is 3.29. The van der Waals surface area contributed by atoms with Crippen LogP contribution in [0.15, 0.2) is 42.5 Å². The molecule has 3 nitrogen and oxygen atoms in total. The number of nitrogens with one attached hydrogen (secondary N) is 1. The molecule has 1 unspecified atom stereocenters. The summed E-state index contributed by atoms with van der Waals surface area (Å²) < 4.78 is 27.2. The lowest BCUT2D eigenvalue weighted by Gasteiger charge is -2.15. The summed E-state index contributed by atoms with van der Waals surface area (Å²) in [6.07, 6.45) is 0. The van der Waals surface area contributed by atoms with Gasteiger partial charge in [0.2, 0.25) is 10.0 Å². The molecule has 0 saturated carbocycles. The van der Waals surface area contributed by atoms with E-state index in [4.69, 9.17) is 23.2 Å². The van der Waals surface area contributed by atoms with E-state index in [9.17, 15) is 8.42 Å². The molecule has 0 amide bonds. The van der Waals surface area contributed by atoms with Crippen LogP contribution in [0.2, 0.25) is 10.0 Å². The van der Waals surface area contributed by atoms with Gasteiger partial charge in [0.1, 0.15) is 0 Å². The summed E-state index contributed by atoms with van der Waals surface area (Å²) in [7, 11) is -3.51. The highest BCUT2D eigenvalue weighted by atomic mass is 35.5. The smallest absolute Gasteiger partial charge is 0.212 e. The summed E-state index contributed by atoms with van der Waals surface area (Å²) in [5.41, 5.74) is 2.57. The van der Waals surface area contributed by atoms with Crippen molar-refractivity contribution in [2.24, 2.45) is 0 Å². The number of hydrogen-bond acceptors (Lipinski definition) is 2. The highest BCUT2D eigenvalue weighted by Crippen LogP contribution is 2.23. The number of sulfonamides is 1. The molecule has 0 aliphatic carbocycles. The molecular weight excluding hydrogens is 341 g/mol. The van der Waals surface area contributed by atoms with E-state index in [0.717, 1.165) is 11.1 Å². The molecule has 22 heavy (non-hydrogen) atoms.